The molecular weight excluding hydrogens is 210 g/mol. The van der Waals surface area contributed by atoms with Gasteiger partial charge in [-0.15, -0.1) is 0 Å². The lowest BCUT2D eigenvalue weighted by molar-refractivity contribution is 0.339. The molecule has 0 radical (unpaired) electrons. The Labute approximate surface area is 95.4 Å². The first kappa shape index (κ1) is 11.9. The molecule has 0 aliphatic heterocycles. The second-order valence-corrected chi connectivity index (χ2v) is 4.22. The van der Waals surface area contributed by atoms with Crippen LogP contribution in [0.15, 0.2) is 18.2 Å². The molecule has 1 aromatic carbocycles. The van der Waals surface area contributed by atoms with Crippen LogP contribution >= 0.6 is 11.6 Å². The van der Waals surface area contributed by atoms with Gasteiger partial charge in [0.05, 0.1) is 23.1 Å². The lowest BCUT2D eigenvalue weighted by Gasteiger charge is -2.17. The van der Waals surface area contributed by atoms with E-state index in [9.17, 15) is 0 Å². The van der Waals surface area contributed by atoms with Gasteiger partial charge in [-0.25, -0.2) is 0 Å². The summed E-state index contributed by atoms with van der Waals surface area (Å²) in [5.74, 6) is 0.639. The number of ether oxygens (including phenoxy) is 1. The van der Waals surface area contributed by atoms with Gasteiger partial charge in [-0.1, -0.05) is 17.7 Å². The molecule has 0 atom stereocenters. The smallest absolute Gasteiger partial charge is 0.138 e. The van der Waals surface area contributed by atoms with E-state index in [1.54, 1.807) is 6.07 Å². The van der Waals surface area contributed by atoms with Gasteiger partial charge in [0.1, 0.15) is 5.75 Å². The molecule has 0 spiro atoms. The summed E-state index contributed by atoms with van der Waals surface area (Å²) in [6.07, 6.45) is 0. The van der Waals surface area contributed by atoms with Gasteiger partial charge >= 0.3 is 0 Å². The van der Waals surface area contributed by atoms with Crippen molar-refractivity contribution in [2.24, 2.45) is 0 Å². The summed E-state index contributed by atoms with van der Waals surface area (Å²) in [5, 5.41) is 9.59. The van der Waals surface area contributed by atoms with E-state index >= 15 is 0 Å². The van der Waals surface area contributed by atoms with Crippen molar-refractivity contribution in [1.82, 2.24) is 0 Å². The highest BCUT2D eigenvalue weighted by Crippen LogP contribution is 2.31. The fourth-order valence-electron chi connectivity index (χ4n) is 1.22. The molecule has 0 saturated heterocycles. The third-order valence-corrected chi connectivity index (χ3v) is 2.54. The van der Waals surface area contributed by atoms with E-state index in [4.69, 9.17) is 21.6 Å². The number of benzene rings is 1. The Balaban J connectivity index is 3.14. The maximum absolute atomic E-state index is 9.01. The molecular formula is C12H14ClNO. The van der Waals surface area contributed by atoms with Crippen molar-refractivity contribution in [3.63, 3.8) is 0 Å². The van der Waals surface area contributed by atoms with Crippen molar-refractivity contribution in [2.75, 3.05) is 6.61 Å². The molecule has 0 heterocycles. The van der Waals surface area contributed by atoms with Crippen molar-refractivity contribution in [3.05, 3.63) is 28.8 Å². The minimum Gasteiger partial charge on any atom is -0.492 e. The number of rotatable bonds is 3. The lowest BCUT2D eigenvalue weighted by Crippen LogP contribution is -2.13. The maximum Gasteiger partial charge on any atom is 0.138 e. The molecule has 0 N–H and O–H groups in total. The zero-order valence-electron chi connectivity index (χ0n) is 9.17. The Kier molecular flexibility index (Phi) is 3.60. The monoisotopic (exact) mass is 223 g/mol. The van der Waals surface area contributed by atoms with E-state index < -0.39 is 5.41 Å². The molecule has 2 nitrogen and oxygen atoms in total. The van der Waals surface area contributed by atoms with E-state index in [0.717, 1.165) is 5.56 Å². The van der Waals surface area contributed by atoms with Crippen LogP contribution in [-0.4, -0.2) is 6.61 Å². The number of hydrogen-bond donors (Lipinski definition) is 0. The number of halogens is 1. The predicted molar refractivity (Wildman–Crippen MR) is 61.3 cm³/mol. The van der Waals surface area contributed by atoms with Crippen molar-refractivity contribution >= 4 is 11.6 Å². The fraction of sp³-hybridized carbons (Fsp3) is 0.417. The minimum absolute atomic E-state index is 0.517. The zero-order valence-corrected chi connectivity index (χ0v) is 9.93. The zero-order chi connectivity index (χ0) is 11.5. The SMILES string of the molecule is CCOc1cc(C(C)(C)C#N)ccc1Cl. The van der Waals surface area contributed by atoms with Gasteiger partial charge in [0.2, 0.25) is 0 Å². The second-order valence-electron chi connectivity index (χ2n) is 3.82. The summed E-state index contributed by atoms with van der Waals surface area (Å²) < 4.78 is 5.38. The molecule has 0 saturated carbocycles. The summed E-state index contributed by atoms with van der Waals surface area (Å²) in [6.45, 7) is 6.20. The van der Waals surface area contributed by atoms with Crippen molar-refractivity contribution in [2.45, 2.75) is 26.2 Å². The molecule has 0 aliphatic rings. The molecule has 0 aromatic heterocycles. The molecule has 15 heavy (non-hydrogen) atoms. The molecule has 0 aliphatic carbocycles. The standard InChI is InChI=1S/C12H14ClNO/c1-4-15-11-7-9(5-6-10(11)13)12(2,3)8-14/h5-7H,4H2,1-3H3. The minimum atomic E-state index is -0.517. The van der Waals surface area contributed by atoms with Gasteiger partial charge in [-0.2, -0.15) is 5.26 Å². The maximum atomic E-state index is 9.01. The normalized spacial score (nSPS) is 10.9. The van der Waals surface area contributed by atoms with Gasteiger partial charge < -0.3 is 4.74 Å². The molecule has 1 rings (SSSR count). The summed E-state index contributed by atoms with van der Waals surface area (Å²) >= 11 is 5.96. The van der Waals surface area contributed by atoms with Gasteiger partial charge in [-0.3, -0.25) is 0 Å². The van der Waals surface area contributed by atoms with E-state index in [2.05, 4.69) is 6.07 Å². The molecule has 3 heteroatoms. The molecule has 1 aromatic rings. The van der Waals surface area contributed by atoms with Crippen LogP contribution in [0.4, 0.5) is 0 Å². The third kappa shape index (κ3) is 2.64. The first-order chi connectivity index (χ1) is 7.01. The largest absolute Gasteiger partial charge is 0.492 e. The van der Waals surface area contributed by atoms with E-state index in [-0.39, 0.29) is 0 Å². The van der Waals surface area contributed by atoms with Crippen LogP contribution in [-0.2, 0) is 5.41 Å². The fourth-order valence-corrected chi connectivity index (χ4v) is 1.39. The Hall–Kier alpha value is -1.20. The van der Waals surface area contributed by atoms with E-state index in [0.29, 0.717) is 17.4 Å². The summed E-state index contributed by atoms with van der Waals surface area (Å²) in [6, 6.07) is 7.70. The second kappa shape index (κ2) is 4.55. The topological polar surface area (TPSA) is 33.0 Å². The van der Waals surface area contributed by atoms with Crippen LogP contribution in [0.2, 0.25) is 5.02 Å². The first-order valence-corrected chi connectivity index (χ1v) is 5.23. The highest BCUT2D eigenvalue weighted by atomic mass is 35.5. The number of nitriles is 1. The van der Waals surface area contributed by atoms with E-state index in [1.807, 2.05) is 32.9 Å². The molecule has 0 fully saturated rings. The van der Waals surface area contributed by atoms with Crippen LogP contribution in [0.3, 0.4) is 0 Å². The molecule has 80 valence electrons. The number of hydrogen-bond acceptors (Lipinski definition) is 2. The summed E-state index contributed by atoms with van der Waals surface area (Å²) in [5.41, 5.74) is 0.397. The van der Waals surface area contributed by atoms with Gasteiger partial charge in [0.15, 0.2) is 0 Å². The van der Waals surface area contributed by atoms with Crippen LogP contribution in [0.25, 0.3) is 0 Å². The van der Waals surface area contributed by atoms with Crippen molar-refractivity contribution in [1.29, 1.82) is 5.26 Å². The lowest BCUT2D eigenvalue weighted by atomic mass is 9.86. The summed E-state index contributed by atoms with van der Waals surface area (Å²) in [7, 11) is 0. The Morgan fingerprint density at radius 1 is 1.47 bits per heavy atom. The first-order valence-electron chi connectivity index (χ1n) is 4.85. The Bertz CT molecular complexity index is 393. The van der Waals surface area contributed by atoms with Crippen LogP contribution < -0.4 is 4.74 Å². The highest BCUT2D eigenvalue weighted by Gasteiger charge is 2.20. The van der Waals surface area contributed by atoms with E-state index in [1.165, 1.54) is 0 Å². The number of nitrogens with zero attached hydrogens (tertiary/aromatic N) is 1. The van der Waals surface area contributed by atoms with Crippen molar-refractivity contribution in [3.8, 4) is 11.8 Å². The Morgan fingerprint density at radius 3 is 2.67 bits per heavy atom. The third-order valence-electron chi connectivity index (χ3n) is 2.23. The van der Waals surface area contributed by atoms with Crippen molar-refractivity contribution < 1.29 is 4.74 Å². The van der Waals surface area contributed by atoms with Crippen LogP contribution in [0.1, 0.15) is 26.3 Å². The van der Waals surface area contributed by atoms with Gasteiger partial charge in [0.25, 0.3) is 0 Å². The van der Waals surface area contributed by atoms with Gasteiger partial charge in [0, 0.05) is 0 Å². The summed E-state index contributed by atoms with van der Waals surface area (Å²) in [4.78, 5) is 0. The molecule has 0 amide bonds. The van der Waals surface area contributed by atoms with Crippen LogP contribution in [0, 0.1) is 11.3 Å². The Morgan fingerprint density at radius 2 is 2.13 bits per heavy atom. The average Bonchev–Trinajstić information content (AvgIpc) is 2.21. The molecule has 0 unspecified atom stereocenters. The quantitative estimate of drug-likeness (QED) is 0.785. The predicted octanol–water partition coefficient (Wildman–Crippen LogP) is 3.54. The highest BCUT2D eigenvalue weighted by molar-refractivity contribution is 6.32. The average molecular weight is 224 g/mol. The molecule has 0 bridgehead atoms. The van der Waals surface area contributed by atoms with Crippen LogP contribution in [0.5, 0.6) is 5.75 Å². The van der Waals surface area contributed by atoms with Gasteiger partial charge in [-0.05, 0) is 38.5 Å².